The van der Waals surface area contributed by atoms with Gasteiger partial charge < -0.3 is 5.32 Å². The molecule has 0 saturated carbocycles. The minimum Gasteiger partial charge on any atom is -0.348 e. The third-order valence-corrected chi connectivity index (χ3v) is 5.72. The molecule has 1 N–H and O–H groups in total. The molecule has 2 unspecified atom stereocenters. The van der Waals surface area contributed by atoms with E-state index < -0.39 is 0 Å². The fourth-order valence-corrected chi connectivity index (χ4v) is 4.12. The van der Waals surface area contributed by atoms with E-state index in [4.69, 9.17) is 0 Å². The number of hydrogen-bond donors (Lipinski definition) is 1. The molecule has 0 radical (unpaired) electrons. The average molecular weight is 374 g/mol. The Kier molecular flexibility index (Phi) is 5.14. The molecule has 2 aromatic carbocycles. The Balaban J connectivity index is 1.49. The molecule has 1 aliphatic rings. The maximum Gasteiger partial charge on any atom is 0.252 e. The van der Waals surface area contributed by atoms with Gasteiger partial charge in [0.05, 0.1) is 11.1 Å². The number of benzene rings is 2. The fraction of sp³-hybridized carbons (Fsp3) is 0.333. The Bertz CT molecular complexity index is 999. The van der Waals surface area contributed by atoms with Crippen LogP contribution in [0.3, 0.4) is 0 Å². The highest BCUT2D eigenvalue weighted by atomic mass is 16.1. The number of fused-ring (bicyclic) bond motifs is 1. The van der Waals surface area contributed by atoms with Crippen molar-refractivity contribution in [2.24, 2.45) is 0 Å². The lowest BCUT2D eigenvalue weighted by molar-refractivity contribution is 0.0938. The van der Waals surface area contributed by atoms with Gasteiger partial charge in [0.25, 0.3) is 5.91 Å². The van der Waals surface area contributed by atoms with Gasteiger partial charge in [0, 0.05) is 36.3 Å². The number of hydrogen-bond acceptors (Lipinski definition) is 3. The van der Waals surface area contributed by atoms with Gasteiger partial charge in [-0.05, 0) is 51.0 Å². The molecule has 3 aromatic rings. The van der Waals surface area contributed by atoms with Crippen molar-refractivity contribution in [2.45, 2.75) is 39.3 Å². The van der Waals surface area contributed by atoms with E-state index in [-0.39, 0.29) is 11.9 Å². The number of amides is 1. The van der Waals surface area contributed by atoms with Crippen LogP contribution in [-0.4, -0.2) is 34.9 Å². The zero-order valence-corrected chi connectivity index (χ0v) is 16.8. The monoisotopic (exact) mass is 373 g/mol. The lowest BCUT2D eigenvalue weighted by Gasteiger charge is -2.25. The van der Waals surface area contributed by atoms with Crippen LogP contribution in [-0.2, 0) is 0 Å². The Morgan fingerprint density at radius 2 is 1.93 bits per heavy atom. The molecule has 4 rings (SSSR count). The smallest absolute Gasteiger partial charge is 0.252 e. The Labute approximate surface area is 166 Å². The molecule has 2 heterocycles. The molecular weight excluding hydrogens is 346 g/mol. The van der Waals surface area contributed by atoms with Crippen molar-refractivity contribution in [3.8, 4) is 0 Å². The minimum absolute atomic E-state index is 0.000291. The largest absolute Gasteiger partial charge is 0.348 e. The summed E-state index contributed by atoms with van der Waals surface area (Å²) >= 11 is 0. The number of carbonyl (C=O) groups excluding carboxylic acids is 1. The predicted molar refractivity (Wildman–Crippen MR) is 114 cm³/mol. The summed E-state index contributed by atoms with van der Waals surface area (Å²) in [4.78, 5) is 20.1. The van der Waals surface area contributed by atoms with Crippen LogP contribution in [0.4, 0.5) is 0 Å². The van der Waals surface area contributed by atoms with Crippen LogP contribution in [0, 0.1) is 13.8 Å². The Morgan fingerprint density at radius 1 is 1.14 bits per heavy atom. The van der Waals surface area contributed by atoms with Crippen LogP contribution in [0.25, 0.3) is 10.9 Å². The highest BCUT2D eigenvalue weighted by Crippen LogP contribution is 2.25. The lowest BCUT2D eigenvalue weighted by Crippen LogP contribution is -2.37. The number of carbonyl (C=O) groups is 1. The summed E-state index contributed by atoms with van der Waals surface area (Å²) in [5, 5.41) is 4.19. The molecule has 2 atom stereocenters. The summed E-state index contributed by atoms with van der Waals surface area (Å²) in [5.74, 6) is 0.000291. The van der Waals surface area contributed by atoms with Crippen molar-refractivity contribution in [1.82, 2.24) is 15.2 Å². The summed E-state index contributed by atoms with van der Waals surface area (Å²) in [6.07, 6.45) is 0.976. The van der Waals surface area contributed by atoms with Crippen molar-refractivity contribution in [2.75, 3.05) is 13.1 Å². The first kappa shape index (κ1) is 18.6. The fourth-order valence-electron chi connectivity index (χ4n) is 4.12. The van der Waals surface area contributed by atoms with E-state index in [1.807, 2.05) is 38.1 Å². The molecule has 4 heteroatoms. The second-order valence-electron chi connectivity index (χ2n) is 7.87. The summed E-state index contributed by atoms with van der Waals surface area (Å²) in [6.45, 7) is 8.09. The minimum atomic E-state index is 0.000291. The Morgan fingerprint density at radius 3 is 2.71 bits per heavy atom. The van der Waals surface area contributed by atoms with Gasteiger partial charge in [0.2, 0.25) is 0 Å². The van der Waals surface area contributed by atoms with E-state index >= 15 is 0 Å². The quantitative estimate of drug-likeness (QED) is 0.736. The maximum absolute atomic E-state index is 13.1. The van der Waals surface area contributed by atoms with Crippen LogP contribution in [0.1, 0.15) is 46.6 Å². The number of aromatic nitrogens is 1. The van der Waals surface area contributed by atoms with Crippen LogP contribution in [0.15, 0.2) is 54.6 Å². The molecule has 1 fully saturated rings. The highest BCUT2D eigenvalue weighted by Gasteiger charge is 2.28. The molecule has 144 valence electrons. The van der Waals surface area contributed by atoms with Gasteiger partial charge in [-0.3, -0.25) is 14.7 Å². The first-order valence-corrected chi connectivity index (χ1v) is 9.99. The zero-order chi connectivity index (χ0) is 19.7. The molecule has 0 spiro atoms. The molecule has 1 amide bonds. The molecule has 4 nitrogen and oxygen atoms in total. The SMILES string of the molecule is Cc1ccc2nc(C)cc(C(=O)NC3CCN(C(C)c4ccccc4)C3)c2c1. The molecule has 1 aliphatic heterocycles. The Hall–Kier alpha value is -2.72. The first-order valence-electron chi connectivity index (χ1n) is 9.99. The van der Waals surface area contributed by atoms with Crippen molar-refractivity contribution >= 4 is 16.8 Å². The van der Waals surface area contributed by atoms with Gasteiger partial charge >= 0.3 is 0 Å². The van der Waals surface area contributed by atoms with Crippen LogP contribution >= 0.6 is 0 Å². The standard InChI is InChI=1S/C24H27N3O/c1-16-9-10-23-21(13-16)22(14-17(2)25-23)24(28)26-20-11-12-27(15-20)18(3)19-7-5-4-6-8-19/h4-10,13-14,18,20H,11-12,15H2,1-3H3,(H,26,28). The van der Waals surface area contributed by atoms with Crippen molar-refractivity contribution in [3.63, 3.8) is 0 Å². The van der Waals surface area contributed by atoms with Crippen LogP contribution in [0.5, 0.6) is 0 Å². The number of nitrogens with one attached hydrogen (secondary N) is 1. The second-order valence-corrected chi connectivity index (χ2v) is 7.87. The van der Waals surface area contributed by atoms with Gasteiger partial charge in [0.15, 0.2) is 0 Å². The predicted octanol–water partition coefficient (Wildman–Crippen LogP) is 4.42. The zero-order valence-electron chi connectivity index (χ0n) is 16.8. The van der Waals surface area contributed by atoms with Gasteiger partial charge in [-0.25, -0.2) is 0 Å². The summed E-state index contributed by atoms with van der Waals surface area (Å²) < 4.78 is 0. The van der Waals surface area contributed by atoms with Gasteiger partial charge in [-0.15, -0.1) is 0 Å². The maximum atomic E-state index is 13.1. The van der Waals surface area contributed by atoms with Gasteiger partial charge in [-0.2, -0.15) is 0 Å². The lowest BCUT2D eigenvalue weighted by atomic mass is 10.0. The van der Waals surface area contributed by atoms with E-state index in [1.54, 1.807) is 0 Å². The van der Waals surface area contributed by atoms with Crippen molar-refractivity contribution < 1.29 is 4.79 Å². The third-order valence-electron chi connectivity index (χ3n) is 5.72. The number of likely N-dealkylation sites (tertiary alicyclic amines) is 1. The average Bonchev–Trinajstić information content (AvgIpc) is 3.16. The summed E-state index contributed by atoms with van der Waals surface area (Å²) in [7, 11) is 0. The van der Waals surface area contributed by atoms with E-state index in [0.717, 1.165) is 47.2 Å². The highest BCUT2D eigenvalue weighted by molar-refractivity contribution is 6.06. The first-order chi connectivity index (χ1) is 13.5. The second kappa shape index (κ2) is 7.72. The van der Waals surface area contributed by atoms with E-state index in [9.17, 15) is 4.79 Å². The van der Waals surface area contributed by atoms with Crippen LogP contribution < -0.4 is 5.32 Å². The number of nitrogens with zero attached hydrogens (tertiary/aromatic N) is 2. The van der Waals surface area contributed by atoms with Crippen molar-refractivity contribution in [1.29, 1.82) is 0 Å². The van der Waals surface area contributed by atoms with E-state index in [0.29, 0.717) is 6.04 Å². The van der Waals surface area contributed by atoms with E-state index in [1.165, 1.54) is 5.56 Å². The summed E-state index contributed by atoms with van der Waals surface area (Å²) in [6, 6.07) is 19.1. The normalized spacial score (nSPS) is 18.3. The number of aryl methyl sites for hydroxylation is 2. The van der Waals surface area contributed by atoms with E-state index in [2.05, 4.69) is 52.5 Å². The topological polar surface area (TPSA) is 45.2 Å². The summed E-state index contributed by atoms with van der Waals surface area (Å²) in [5.41, 5.74) is 4.92. The van der Waals surface area contributed by atoms with Gasteiger partial charge in [-0.1, -0.05) is 42.0 Å². The van der Waals surface area contributed by atoms with Gasteiger partial charge in [0.1, 0.15) is 0 Å². The molecule has 1 aromatic heterocycles. The number of pyridine rings is 1. The molecule has 1 saturated heterocycles. The van der Waals surface area contributed by atoms with Crippen LogP contribution in [0.2, 0.25) is 0 Å². The molecule has 0 bridgehead atoms. The molecular formula is C24H27N3O. The van der Waals surface area contributed by atoms with Crippen molar-refractivity contribution in [3.05, 3.63) is 77.0 Å². The number of rotatable bonds is 4. The molecule has 28 heavy (non-hydrogen) atoms. The molecule has 0 aliphatic carbocycles. The third kappa shape index (κ3) is 3.78.